The molecule has 0 saturated heterocycles. The second-order valence-electron chi connectivity index (χ2n) is 4.36. The van der Waals surface area contributed by atoms with Crippen LogP contribution in [0.15, 0.2) is 24.3 Å². The Morgan fingerprint density at radius 2 is 1.94 bits per heavy atom. The summed E-state index contributed by atoms with van der Waals surface area (Å²) >= 11 is 0. The van der Waals surface area contributed by atoms with Gasteiger partial charge in [-0.1, -0.05) is 26.0 Å². The van der Waals surface area contributed by atoms with Crippen molar-refractivity contribution in [2.45, 2.75) is 20.3 Å². The Balaban J connectivity index is 2.53. The fourth-order valence-corrected chi connectivity index (χ4v) is 1.61. The maximum atomic E-state index is 12.7. The van der Waals surface area contributed by atoms with Gasteiger partial charge < -0.3 is 4.90 Å². The van der Waals surface area contributed by atoms with Crippen LogP contribution < -0.4 is 0 Å². The minimum Gasteiger partial charge on any atom is -0.342 e. The van der Waals surface area contributed by atoms with Crippen LogP contribution in [0.1, 0.15) is 19.4 Å². The number of hydrogen-bond acceptors (Lipinski definition) is 1. The van der Waals surface area contributed by atoms with Gasteiger partial charge in [0.1, 0.15) is 5.82 Å². The van der Waals surface area contributed by atoms with Crippen LogP contribution in [0, 0.1) is 18.7 Å². The van der Waals surface area contributed by atoms with Crippen molar-refractivity contribution in [3.63, 3.8) is 0 Å². The maximum absolute atomic E-state index is 12.7. The standard InChI is InChI=1S/C14H19FNO/c1-4-16(14(17)11(2)3)10-9-12-5-7-13(15)8-6-12/h5-8,11H,1,4,9-10H2,2-3H3. The Hall–Kier alpha value is -1.38. The first kappa shape index (κ1) is 13.7. The molecule has 0 aliphatic heterocycles. The summed E-state index contributed by atoms with van der Waals surface area (Å²) in [5, 5.41) is 0. The number of halogens is 1. The Morgan fingerprint density at radius 3 is 2.41 bits per heavy atom. The quantitative estimate of drug-likeness (QED) is 0.769. The molecule has 0 aliphatic carbocycles. The van der Waals surface area contributed by atoms with Crippen molar-refractivity contribution >= 4 is 5.91 Å². The first-order chi connectivity index (χ1) is 8.04. The zero-order valence-electron chi connectivity index (χ0n) is 10.4. The number of rotatable bonds is 5. The highest BCUT2D eigenvalue weighted by Gasteiger charge is 2.14. The fraction of sp³-hybridized carbons (Fsp3) is 0.429. The average Bonchev–Trinajstić information content (AvgIpc) is 2.31. The molecule has 0 atom stereocenters. The van der Waals surface area contributed by atoms with Crippen LogP contribution in [0.25, 0.3) is 0 Å². The third kappa shape index (κ3) is 4.17. The lowest BCUT2D eigenvalue weighted by atomic mass is 10.1. The molecule has 2 nitrogen and oxygen atoms in total. The topological polar surface area (TPSA) is 20.3 Å². The molecule has 0 heterocycles. The Labute approximate surface area is 102 Å². The number of hydrogen-bond donors (Lipinski definition) is 0. The van der Waals surface area contributed by atoms with E-state index in [0.29, 0.717) is 13.1 Å². The van der Waals surface area contributed by atoms with Crippen LogP contribution in [0.2, 0.25) is 0 Å². The first-order valence-electron chi connectivity index (χ1n) is 5.87. The highest BCUT2D eigenvalue weighted by Crippen LogP contribution is 2.06. The summed E-state index contributed by atoms with van der Waals surface area (Å²) in [6, 6.07) is 6.37. The van der Waals surface area contributed by atoms with E-state index in [4.69, 9.17) is 0 Å². The van der Waals surface area contributed by atoms with Gasteiger partial charge in [0.15, 0.2) is 0 Å². The molecule has 1 rings (SSSR count). The molecule has 1 radical (unpaired) electrons. The van der Waals surface area contributed by atoms with Crippen molar-refractivity contribution in [3.05, 3.63) is 42.6 Å². The van der Waals surface area contributed by atoms with Gasteiger partial charge in [-0.3, -0.25) is 4.79 Å². The van der Waals surface area contributed by atoms with E-state index in [2.05, 4.69) is 6.92 Å². The third-order valence-corrected chi connectivity index (χ3v) is 2.66. The van der Waals surface area contributed by atoms with Crippen LogP contribution in [0.4, 0.5) is 4.39 Å². The van der Waals surface area contributed by atoms with Crippen molar-refractivity contribution in [3.8, 4) is 0 Å². The van der Waals surface area contributed by atoms with E-state index in [-0.39, 0.29) is 17.6 Å². The number of benzene rings is 1. The van der Waals surface area contributed by atoms with Gasteiger partial charge in [-0.2, -0.15) is 0 Å². The predicted molar refractivity (Wildman–Crippen MR) is 66.9 cm³/mol. The zero-order chi connectivity index (χ0) is 12.8. The lowest BCUT2D eigenvalue weighted by Crippen LogP contribution is -2.35. The lowest BCUT2D eigenvalue weighted by molar-refractivity contribution is -0.133. The van der Waals surface area contributed by atoms with E-state index in [1.165, 1.54) is 12.1 Å². The molecule has 17 heavy (non-hydrogen) atoms. The van der Waals surface area contributed by atoms with Crippen LogP contribution in [0.5, 0.6) is 0 Å². The molecule has 0 bridgehead atoms. The van der Waals surface area contributed by atoms with Gasteiger partial charge in [-0.15, -0.1) is 0 Å². The highest BCUT2D eigenvalue weighted by atomic mass is 19.1. The van der Waals surface area contributed by atoms with Gasteiger partial charge in [-0.25, -0.2) is 4.39 Å². The predicted octanol–water partition coefficient (Wildman–Crippen LogP) is 2.69. The van der Waals surface area contributed by atoms with Crippen molar-refractivity contribution in [1.82, 2.24) is 4.90 Å². The van der Waals surface area contributed by atoms with Crippen LogP contribution >= 0.6 is 0 Å². The molecule has 0 aliphatic rings. The van der Waals surface area contributed by atoms with Crippen molar-refractivity contribution in [1.29, 1.82) is 0 Å². The largest absolute Gasteiger partial charge is 0.342 e. The first-order valence-corrected chi connectivity index (χ1v) is 5.87. The van der Waals surface area contributed by atoms with E-state index >= 15 is 0 Å². The average molecular weight is 236 g/mol. The van der Waals surface area contributed by atoms with Crippen molar-refractivity contribution in [2.24, 2.45) is 5.92 Å². The third-order valence-electron chi connectivity index (χ3n) is 2.66. The Bertz CT molecular complexity index is 359. The van der Waals surface area contributed by atoms with Gasteiger partial charge in [0, 0.05) is 19.0 Å². The van der Waals surface area contributed by atoms with Crippen LogP contribution in [-0.2, 0) is 11.2 Å². The second-order valence-corrected chi connectivity index (χ2v) is 4.36. The molecule has 1 aromatic rings. The van der Waals surface area contributed by atoms with E-state index in [0.717, 1.165) is 12.0 Å². The summed E-state index contributed by atoms with van der Waals surface area (Å²) in [6.45, 7) is 8.62. The Morgan fingerprint density at radius 1 is 1.35 bits per heavy atom. The van der Waals surface area contributed by atoms with E-state index < -0.39 is 0 Å². The van der Waals surface area contributed by atoms with E-state index in [1.54, 1.807) is 17.0 Å². The molecule has 93 valence electrons. The number of carbonyl (C=O) groups is 1. The molecule has 0 unspecified atom stereocenters. The van der Waals surface area contributed by atoms with Gasteiger partial charge in [0.2, 0.25) is 5.91 Å². The molecular formula is C14H19FNO. The molecule has 0 N–H and O–H groups in total. The summed E-state index contributed by atoms with van der Waals surface area (Å²) in [5.41, 5.74) is 1.03. The zero-order valence-corrected chi connectivity index (χ0v) is 10.4. The molecular weight excluding hydrogens is 217 g/mol. The van der Waals surface area contributed by atoms with E-state index in [1.807, 2.05) is 13.8 Å². The molecule has 0 aromatic heterocycles. The van der Waals surface area contributed by atoms with Crippen molar-refractivity contribution in [2.75, 3.05) is 13.1 Å². The molecule has 3 heteroatoms. The molecule has 0 spiro atoms. The SMILES string of the molecule is [CH2]CN(CCc1ccc(F)cc1)C(=O)C(C)C. The van der Waals surface area contributed by atoms with Crippen LogP contribution in [-0.4, -0.2) is 23.9 Å². The van der Waals surface area contributed by atoms with Gasteiger partial charge in [-0.05, 0) is 31.0 Å². The normalized spacial score (nSPS) is 10.6. The smallest absolute Gasteiger partial charge is 0.225 e. The molecule has 1 aromatic carbocycles. The van der Waals surface area contributed by atoms with Gasteiger partial charge in [0.25, 0.3) is 0 Å². The molecule has 0 saturated carbocycles. The minimum atomic E-state index is -0.235. The second kappa shape index (κ2) is 6.38. The lowest BCUT2D eigenvalue weighted by Gasteiger charge is -2.22. The summed E-state index contributed by atoms with van der Waals surface area (Å²) in [5.74, 6) is -0.131. The fourth-order valence-electron chi connectivity index (χ4n) is 1.61. The van der Waals surface area contributed by atoms with Gasteiger partial charge >= 0.3 is 0 Å². The highest BCUT2D eigenvalue weighted by molar-refractivity contribution is 5.78. The summed E-state index contributed by atoms with van der Waals surface area (Å²) in [6.07, 6.45) is 0.730. The Kier molecular flexibility index (Phi) is 5.13. The van der Waals surface area contributed by atoms with E-state index in [9.17, 15) is 9.18 Å². The maximum Gasteiger partial charge on any atom is 0.225 e. The monoisotopic (exact) mass is 236 g/mol. The minimum absolute atomic E-state index is 0.00929. The molecule has 1 amide bonds. The van der Waals surface area contributed by atoms with Gasteiger partial charge in [0.05, 0.1) is 0 Å². The number of nitrogens with zero attached hydrogens (tertiary/aromatic N) is 1. The number of amides is 1. The van der Waals surface area contributed by atoms with Crippen molar-refractivity contribution < 1.29 is 9.18 Å². The van der Waals surface area contributed by atoms with Crippen LogP contribution in [0.3, 0.4) is 0 Å². The summed E-state index contributed by atoms with van der Waals surface area (Å²) in [4.78, 5) is 13.5. The number of carbonyl (C=O) groups excluding carboxylic acids is 1. The summed E-state index contributed by atoms with van der Waals surface area (Å²) in [7, 11) is 0. The summed E-state index contributed by atoms with van der Waals surface area (Å²) < 4.78 is 12.7. The molecule has 0 fully saturated rings.